The summed E-state index contributed by atoms with van der Waals surface area (Å²) in [4.78, 5) is 24.5. The number of nitrogens with zero attached hydrogens (tertiary/aromatic N) is 6. The molecule has 0 fully saturated rings. The van der Waals surface area contributed by atoms with E-state index in [9.17, 15) is 25.3 Å². The maximum absolute atomic E-state index is 11.1. The van der Waals surface area contributed by atoms with E-state index in [0.717, 1.165) is 16.7 Å². The minimum Gasteiger partial charge on any atom is -0.241 e. The maximum Gasteiger partial charge on any atom is 0.234 e. The molecule has 4 atom stereocenters. The Bertz CT molecular complexity index is 1680. The fourth-order valence-corrected chi connectivity index (χ4v) is 5.12. The van der Waals surface area contributed by atoms with Crippen molar-refractivity contribution in [2.24, 2.45) is 15.4 Å². The number of hydrogen-bond acceptors (Lipinski definition) is 12. The molecule has 3 aromatic heterocycles. The zero-order chi connectivity index (χ0) is 34.9. The third kappa shape index (κ3) is 12.9. The van der Waals surface area contributed by atoms with Crippen LogP contribution in [-0.2, 0) is 30.1 Å². The van der Waals surface area contributed by atoms with Gasteiger partial charge in [-0.25, -0.2) is 70.6 Å². The highest BCUT2D eigenvalue weighted by Crippen LogP contribution is 2.20. The summed E-state index contributed by atoms with van der Waals surface area (Å²) in [6.07, 6.45) is 9.90. The monoisotopic (exact) mass is 685 g/mol. The van der Waals surface area contributed by atoms with E-state index in [2.05, 4.69) is 29.9 Å². The Hall–Kier alpha value is -3.29. The van der Waals surface area contributed by atoms with Crippen LogP contribution in [0.15, 0.2) is 42.1 Å². The molecule has 3 aromatic rings. The lowest BCUT2D eigenvalue weighted by molar-refractivity contribution is 0.563. The van der Waals surface area contributed by atoms with E-state index in [0.29, 0.717) is 23.0 Å². The first kappa shape index (κ1) is 39.7. The first-order valence-corrected chi connectivity index (χ1v) is 18.3. The van der Waals surface area contributed by atoms with Gasteiger partial charge in [-0.15, -0.1) is 0 Å². The molecular formula is C27H43N9O6S3. The summed E-state index contributed by atoms with van der Waals surface area (Å²) in [7, 11) is -10.7. The van der Waals surface area contributed by atoms with Crippen molar-refractivity contribution < 1.29 is 25.3 Å². The molecule has 3 heterocycles. The van der Waals surface area contributed by atoms with E-state index >= 15 is 0 Å². The molecule has 0 aromatic carbocycles. The predicted octanol–water partition coefficient (Wildman–Crippen LogP) is 1.96. The van der Waals surface area contributed by atoms with Crippen molar-refractivity contribution >= 4 is 35.6 Å². The lowest BCUT2D eigenvalue weighted by Gasteiger charge is -2.16. The van der Waals surface area contributed by atoms with Gasteiger partial charge in [-0.2, -0.15) is 0 Å². The highest BCUT2D eigenvalue weighted by Gasteiger charge is 2.27. The first-order chi connectivity index (χ1) is 20.5. The maximum atomic E-state index is 11.1. The highest BCUT2D eigenvalue weighted by atomic mass is 32.2. The Morgan fingerprint density at radius 3 is 1.07 bits per heavy atom. The first-order valence-electron chi connectivity index (χ1n) is 13.6. The Labute approximate surface area is 266 Å². The molecule has 0 aliphatic carbocycles. The van der Waals surface area contributed by atoms with Gasteiger partial charge in [0.15, 0.2) is 5.82 Å². The average Bonchev–Trinajstić information content (AvgIpc) is 2.95. The number of aromatic nitrogens is 6. The zero-order valence-corrected chi connectivity index (χ0v) is 29.3. The number of allylic oxidation sites excluding steroid dienone is 2. The van der Waals surface area contributed by atoms with Crippen LogP contribution < -0.4 is 15.4 Å². The fraction of sp³-hybridized carbons (Fsp3) is 0.481. The number of nitrogens with two attached hydrogens (primary N) is 3. The second kappa shape index (κ2) is 16.3. The van der Waals surface area contributed by atoms with Gasteiger partial charge >= 0.3 is 0 Å². The SMILES string of the molecule is C/C(=C(\C)S(N)(=O)=O)c1ncc(C)cn1.Cc1cnc([C@H](C)[C@@H](C)S(N)(=O)=O)nc1.Cc1cnc([C@H](C)[C@H](C)S(N)(=O)=O)nc1. The van der Waals surface area contributed by atoms with Crippen LogP contribution in [-0.4, -0.2) is 65.7 Å². The Balaban J connectivity index is 0.000000337. The topological polar surface area (TPSA) is 258 Å². The van der Waals surface area contributed by atoms with Gasteiger partial charge in [-0.3, -0.25) is 0 Å². The van der Waals surface area contributed by atoms with Crippen LogP contribution in [0.1, 0.15) is 87.5 Å². The van der Waals surface area contributed by atoms with Gasteiger partial charge < -0.3 is 0 Å². The lowest BCUT2D eigenvalue weighted by Crippen LogP contribution is -2.31. The Kier molecular flexibility index (Phi) is 14.4. The van der Waals surface area contributed by atoms with Gasteiger partial charge in [0.05, 0.1) is 15.4 Å². The zero-order valence-electron chi connectivity index (χ0n) is 26.9. The molecule has 3 rings (SSSR count). The number of sulfonamides is 3. The van der Waals surface area contributed by atoms with Crippen LogP contribution >= 0.6 is 0 Å². The van der Waals surface area contributed by atoms with E-state index < -0.39 is 40.6 Å². The second-order valence-electron chi connectivity index (χ2n) is 10.7. The third-order valence-corrected chi connectivity index (χ3v) is 11.0. The van der Waals surface area contributed by atoms with Crippen molar-refractivity contribution in [2.75, 3.05) is 0 Å². The largest absolute Gasteiger partial charge is 0.241 e. The quantitative estimate of drug-likeness (QED) is 0.307. The number of primary sulfonamides is 3. The summed E-state index contributed by atoms with van der Waals surface area (Å²) >= 11 is 0. The summed E-state index contributed by atoms with van der Waals surface area (Å²) in [5.74, 6) is 0.776. The van der Waals surface area contributed by atoms with Crippen molar-refractivity contribution in [3.05, 3.63) is 76.2 Å². The molecule has 6 N–H and O–H groups in total. The number of aryl methyl sites for hydroxylation is 3. The molecule has 45 heavy (non-hydrogen) atoms. The van der Waals surface area contributed by atoms with Crippen LogP contribution in [0.4, 0.5) is 0 Å². The van der Waals surface area contributed by atoms with Crippen LogP contribution in [0.3, 0.4) is 0 Å². The van der Waals surface area contributed by atoms with Gasteiger partial charge in [-0.1, -0.05) is 13.8 Å². The third-order valence-electron chi connectivity index (χ3n) is 6.93. The molecule has 0 amide bonds. The molecule has 0 saturated carbocycles. The van der Waals surface area contributed by atoms with Crippen LogP contribution in [0, 0.1) is 20.8 Å². The van der Waals surface area contributed by atoms with Gasteiger partial charge in [0, 0.05) is 54.6 Å². The molecule has 250 valence electrons. The van der Waals surface area contributed by atoms with Crippen molar-refractivity contribution in [3.63, 3.8) is 0 Å². The molecule has 0 unspecified atom stereocenters. The summed E-state index contributed by atoms with van der Waals surface area (Å²) in [6, 6.07) is 0. The Morgan fingerprint density at radius 2 is 0.822 bits per heavy atom. The highest BCUT2D eigenvalue weighted by molar-refractivity contribution is 7.93. The molecule has 0 aliphatic rings. The molecule has 15 nitrogen and oxygen atoms in total. The molecule has 0 radical (unpaired) electrons. The molecular weight excluding hydrogens is 643 g/mol. The van der Waals surface area contributed by atoms with E-state index in [4.69, 9.17) is 15.4 Å². The normalized spacial score (nSPS) is 15.2. The van der Waals surface area contributed by atoms with E-state index in [1.807, 2.05) is 20.8 Å². The van der Waals surface area contributed by atoms with E-state index in [1.54, 1.807) is 71.8 Å². The number of rotatable bonds is 8. The van der Waals surface area contributed by atoms with Gasteiger partial charge in [-0.05, 0) is 65.2 Å². The van der Waals surface area contributed by atoms with Crippen molar-refractivity contribution in [3.8, 4) is 0 Å². The molecule has 0 bridgehead atoms. The predicted molar refractivity (Wildman–Crippen MR) is 174 cm³/mol. The van der Waals surface area contributed by atoms with Gasteiger partial charge in [0.1, 0.15) is 11.6 Å². The van der Waals surface area contributed by atoms with Gasteiger partial charge in [0.2, 0.25) is 30.1 Å². The van der Waals surface area contributed by atoms with Gasteiger partial charge in [0.25, 0.3) is 0 Å². The van der Waals surface area contributed by atoms with Crippen molar-refractivity contribution in [1.29, 1.82) is 0 Å². The minimum atomic E-state index is -3.66. The smallest absolute Gasteiger partial charge is 0.234 e. The second-order valence-corrected chi connectivity index (χ2v) is 16.3. The number of hydrogen-bond donors (Lipinski definition) is 3. The summed E-state index contributed by atoms with van der Waals surface area (Å²) in [5, 5.41) is 13.8. The Morgan fingerprint density at radius 1 is 0.556 bits per heavy atom. The van der Waals surface area contributed by atoms with E-state index in [1.165, 1.54) is 6.92 Å². The average molecular weight is 686 g/mol. The lowest BCUT2D eigenvalue weighted by atomic mass is 10.1. The molecule has 18 heteroatoms. The molecule has 0 saturated heterocycles. The summed E-state index contributed by atoms with van der Waals surface area (Å²) < 4.78 is 66.7. The standard InChI is InChI=1S/2C9H15N3O2S.C9H13N3O2S/c3*1-6-4-11-9(12-5-6)7(2)8(3)15(10,13)14/h2*4-5,7-8H,1-3H3,(H2,10,13,14);4-5H,1-3H3,(H2,10,13,14)/b;;8-7-/t7-,8+;7-,8-;/m11./s1. The van der Waals surface area contributed by atoms with Crippen LogP contribution in [0.2, 0.25) is 0 Å². The molecule has 0 aliphatic heterocycles. The summed E-state index contributed by atoms with van der Waals surface area (Å²) in [6.45, 7) is 15.3. The fourth-order valence-electron chi connectivity index (χ4n) is 3.22. The van der Waals surface area contributed by atoms with Crippen LogP contribution in [0.25, 0.3) is 5.57 Å². The van der Waals surface area contributed by atoms with Crippen LogP contribution in [0.5, 0.6) is 0 Å². The van der Waals surface area contributed by atoms with E-state index in [-0.39, 0.29) is 16.7 Å². The van der Waals surface area contributed by atoms with Crippen molar-refractivity contribution in [2.45, 2.75) is 84.6 Å². The minimum absolute atomic E-state index is 0.0892. The molecule has 0 spiro atoms. The summed E-state index contributed by atoms with van der Waals surface area (Å²) in [5.41, 5.74) is 3.26. The van der Waals surface area contributed by atoms with Crippen molar-refractivity contribution in [1.82, 2.24) is 29.9 Å².